The van der Waals surface area contributed by atoms with E-state index in [9.17, 15) is 18.0 Å². The van der Waals surface area contributed by atoms with Crippen molar-refractivity contribution in [2.24, 2.45) is 5.14 Å². The standard InChI is InChI=1S/C11H16N4O5S/c1-3-20-11(17)9-6(2)13-14-10(9)15-5-7(4-8(15)16)21(12,18)19/h7H,3-5H2,1-2H3,(H,13,14)(H2,12,18,19). The second kappa shape index (κ2) is 5.45. The highest BCUT2D eigenvalue weighted by Crippen LogP contribution is 2.27. The number of sulfonamides is 1. The number of ether oxygens (including phenoxy) is 1. The maximum absolute atomic E-state index is 12.0. The Morgan fingerprint density at radius 1 is 1.57 bits per heavy atom. The summed E-state index contributed by atoms with van der Waals surface area (Å²) in [4.78, 5) is 25.0. The Balaban J connectivity index is 2.36. The first kappa shape index (κ1) is 15.4. The minimum atomic E-state index is -3.83. The molecule has 9 nitrogen and oxygen atoms in total. The molecule has 1 unspecified atom stereocenters. The minimum absolute atomic E-state index is 0.0714. The number of aromatic amines is 1. The third-order valence-electron chi connectivity index (χ3n) is 3.22. The average molecular weight is 316 g/mol. The summed E-state index contributed by atoms with van der Waals surface area (Å²) in [5, 5.41) is 10.6. The van der Waals surface area contributed by atoms with Gasteiger partial charge in [0.25, 0.3) is 0 Å². The summed E-state index contributed by atoms with van der Waals surface area (Å²) in [6.07, 6.45) is -0.229. The van der Waals surface area contributed by atoms with Gasteiger partial charge in [-0.3, -0.25) is 14.8 Å². The third kappa shape index (κ3) is 2.90. The van der Waals surface area contributed by atoms with E-state index in [1.807, 2.05) is 0 Å². The van der Waals surface area contributed by atoms with Gasteiger partial charge in [0.1, 0.15) is 10.8 Å². The number of rotatable bonds is 4. The summed E-state index contributed by atoms with van der Waals surface area (Å²) < 4.78 is 27.6. The van der Waals surface area contributed by atoms with Crippen LogP contribution in [-0.2, 0) is 19.6 Å². The van der Waals surface area contributed by atoms with Gasteiger partial charge in [-0.2, -0.15) is 5.10 Å². The zero-order valence-electron chi connectivity index (χ0n) is 11.6. The lowest BCUT2D eigenvalue weighted by molar-refractivity contribution is -0.117. The zero-order chi connectivity index (χ0) is 15.8. The number of aromatic nitrogens is 2. The van der Waals surface area contributed by atoms with Crippen molar-refractivity contribution in [3.05, 3.63) is 11.3 Å². The fraction of sp³-hybridized carbons (Fsp3) is 0.545. The lowest BCUT2D eigenvalue weighted by atomic mass is 10.2. The van der Waals surface area contributed by atoms with E-state index in [0.29, 0.717) is 5.69 Å². The molecule has 1 aromatic rings. The molecule has 116 valence electrons. The van der Waals surface area contributed by atoms with Crippen molar-refractivity contribution in [1.29, 1.82) is 0 Å². The predicted molar refractivity (Wildman–Crippen MR) is 73.1 cm³/mol. The number of H-pyrrole nitrogens is 1. The summed E-state index contributed by atoms with van der Waals surface area (Å²) in [5.74, 6) is -1.00. The summed E-state index contributed by atoms with van der Waals surface area (Å²) in [6, 6.07) is 0. The van der Waals surface area contributed by atoms with E-state index >= 15 is 0 Å². The lowest BCUT2D eigenvalue weighted by Crippen LogP contribution is -2.32. The second-order valence-electron chi connectivity index (χ2n) is 4.69. The normalized spacial score (nSPS) is 19.1. The molecule has 0 aromatic carbocycles. The van der Waals surface area contributed by atoms with Crippen LogP contribution in [0.3, 0.4) is 0 Å². The minimum Gasteiger partial charge on any atom is -0.462 e. The van der Waals surface area contributed by atoms with Crippen LogP contribution in [0.25, 0.3) is 0 Å². The van der Waals surface area contributed by atoms with Gasteiger partial charge in [-0.25, -0.2) is 18.4 Å². The zero-order valence-corrected chi connectivity index (χ0v) is 12.4. The second-order valence-corrected chi connectivity index (χ2v) is 6.53. The van der Waals surface area contributed by atoms with Gasteiger partial charge in [0, 0.05) is 18.7 Å². The molecule has 1 amide bonds. The molecule has 1 aliphatic heterocycles. The number of aryl methyl sites for hydroxylation is 1. The topological polar surface area (TPSA) is 135 Å². The molecule has 0 saturated carbocycles. The van der Waals surface area contributed by atoms with E-state index in [1.54, 1.807) is 13.8 Å². The number of nitrogens with two attached hydrogens (primary N) is 1. The molecular weight excluding hydrogens is 300 g/mol. The van der Waals surface area contributed by atoms with Crippen LogP contribution in [0.2, 0.25) is 0 Å². The third-order valence-corrected chi connectivity index (χ3v) is 4.46. The van der Waals surface area contributed by atoms with Crippen LogP contribution in [0, 0.1) is 6.92 Å². The number of carbonyl (C=O) groups is 2. The van der Waals surface area contributed by atoms with Crippen LogP contribution in [0.5, 0.6) is 0 Å². The first-order chi connectivity index (χ1) is 9.75. The van der Waals surface area contributed by atoms with Crippen LogP contribution >= 0.6 is 0 Å². The van der Waals surface area contributed by atoms with Gasteiger partial charge >= 0.3 is 5.97 Å². The SMILES string of the molecule is CCOC(=O)c1c(N2CC(S(N)(=O)=O)CC2=O)n[nH]c1C. The number of carbonyl (C=O) groups excluding carboxylic acids is 2. The number of hydrogen-bond donors (Lipinski definition) is 2. The highest BCUT2D eigenvalue weighted by Gasteiger charge is 2.40. The number of hydrogen-bond acceptors (Lipinski definition) is 6. The number of esters is 1. The van der Waals surface area contributed by atoms with Crippen molar-refractivity contribution >= 4 is 27.7 Å². The van der Waals surface area contributed by atoms with E-state index in [-0.39, 0.29) is 31.0 Å². The van der Waals surface area contributed by atoms with Gasteiger partial charge in [0.2, 0.25) is 15.9 Å². The first-order valence-electron chi connectivity index (χ1n) is 6.29. The predicted octanol–water partition coefficient (Wildman–Crippen LogP) is -0.711. The van der Waals surface area contributed by atoms with Crippen LogP contribution in [0.15, 0.2) is 0 Å². The monoisotopic (exact) mass is 316 g/mol. The largest absolute Gasteiger partial charge is 0.462 e. The van der Waals surface area contributed by atoms with Crippen LogP contribution in [-0.4, -0.2) is 48.9 Å². The summed E-state index contributed by atoms with van der Waals surface area (Å²) in [6.45, 7) is 3.32. The van der Waals surface area contributed by atoms with Crippen LogP contribution in [0.4, 0.5) is 5.82 Å². The van der Waals surface area contributed by atoms with E-state index in [2.05, 4.69) is 10.2 Å². The molecule has 2 rings (SSSR count). The summed E-state index contributed by atoms with van der Waals surface area (Å²) in [5.41, 5.74) is 0.565. The van der Waals surface area contributed by atoms with Gasteiger partial charge in [-0.15, -0.1) is 0 Å². The molecule has 3 N–H and O–H groups in total. The van der Waals surface area contributed by atoms with Gasteiger partial charge in [0.05, 0.1) is 6.61 Å². The van der Waals surface area contributed by atoms with Gasteiger partial charge < -0.3 is 4.74 Å². The van der Waals surface area contributed by atoms with Gasteiger partial charge in [0.15, 0.2) is 5.82 Å². The molecule has 0 radical (unpaired) electrons. The highest BCUT2D eigenvalue weighted by atomic mass is 32.2. The Labute approximate surface area is 121 Å². The molecular formula is C11H16N4O5S. The van der Waals surface area contributed by atoms with Crippen molar-refractivity contribution in [2.75, 3.05) is 18.1 Å². The number of nitrogens with one attached hydrogen (secondary N) is 1. The molecule has 1 aliphatic rings. The molecule has 21 heavy (non-hydrogen) atoms. The van der Waals surface area contributed by atoms with E-state index in [4.69, 9.17) is 9.88 Å². The highest BCUT2D eigenvalue weighted by molar-refractivity contribution is 7.89. The molecule has 1 atom stereocenters. The number of anilines is 1. The number of nitrogens with zero attached hydrogens (tertiary/aromatic N) is 2. The number of amides is 1. The summed E-state index contributed by atoms with van der Waals surface area (Å²) in [7, 11) is -3.83. The molecule has 1 saturated heterocycles. The fourth-order valence-electron chi connectivity index (χ4n) is 2.16. The number of primary sulfonamides is 1. The maximum atomic E-state index is 12.0. The van der Waals surface area contributed by atoms with Crippen molar-refractivity contribution in [2.45, 2.75) is 25.5 Å². The molecule has 1 aromatic heterocycles. The molecule has 10 heteroatoms. The lowest BCUT2D eigenvalue weighted by Gasteiger charge is -2.14. The van der Waals surface area contributed by atoms with E-state index < -0.39 is 27.1 Å². The van der Waals surface area contributed by atoms with Crippen molar-refractivity contribution in [3.63, 3.8) is 0 Å². The van der Waals surface area contributed by atoms with E-state index in [1.165, 1.54) is 0 Å². The van der Waals surface area contributed by atoms with Gasteiger partial charge in [-0.1, -0.05) is 0 Å². The van der Waals surface area contributed by atoms with Crippen molar-refractivity contribution in [3.8, 4) is 0 Å². The smallest absolute Gasteiger partial charge is 0.343 e. The quantitative estimate of drug-likeness (QED) is 0.704. The Kier molecular flexibility index (Phi) is 4.01. The Bertz CT molecular complexity index is 681. The van der Waals surface area contributed by atoms with Crippen LogP contribution in [0.1, 0.15) is 29.4 Å². The fourth-order valence-corrected chi connectivity index (χ4v) is 2.89. The van der Waals surface area contributed by atoms with Gasteiger partial charge in [-0.05, 0) is 13.8 Å². The molecule has 1 fully saturated rings. The maximum Gasteiger partial charge on any atom is 0.343 e. The Morgan fingerprint density at radius 2 is 2.24 bits per heavy atom. The van der Waals surface area contributed by atoms with Crippen molar-refractivity contribution in [1.82, 2.24) is 10.2 Å². The Hall–Kier alpha value is -1.94. The molecule has 0 bridgehead atoms. The van der Waals surface area contributed by atoms with Crippen molar-refractivity contribution < 1.29 is 22.7 Å². The molecule has 0 spiro atoms. The first-order valence-corrected chi connectivity index (χ1v) is 7.90. The average Bonchev–Trinajstić information content (AvgIpc) is 2.92. The Morgan fingerprint density at radius 3 is 2.76 bits per heavy atom. The summed E-state index contributed by atoms with van der Waals surface area (Å²) >= 11 is 0. The molecule has 0 aliphatic carbocycles. The van der Waals surface area contributed by atoms with Crippen LogP contribution < -0.4 is 10.0 Å². The molecule has 2 heterocycles. The van der Waals surface area contributed by atoms with E-state index in [0.717, 1.165) is 4.90 Å².